The highest BCUT2D eigenvalue weighted by Gasteiger charge is 2.28. The number of hydrogen-bond donors (Lipinski definition) is 0. The third-order valence-corrected chi connectivity index (χ3v) is 5.62. The van der Waals surface area contributed by atoms with E-state index in [-0.39, 0.29) is 18.4 Å². The van der Waals surface area contributed by atoms with Crippen LogP contribution in [0.2, 0.25) is 10.0 Å². The van der Waals surface area contributed by atoms with E-state index in [2.05, 4.69) is 4.90 Å². The Labute approximate surface area is 170 Å². The van der Waals surface area contributed by atoms with Gasteiger partial charge in [0.05, 0.1) is 29.6 Å². The molecule has 6 heteroatoms. The molecule has 1 aliphatic rings. The summed E-state index contributed by atoms with van der Waals surface area (Å²) in [4.78, 5) is 21.0. The van der Waals surface area contributed by atoms with Crippen LogP contribution in [0, 0.1) is 0 Å². The minimum absolute atomic E-state index is 0.107. The van der Waals surface area contributed by atoms with Crippen molar-refractivity contribution in [1.29, 1.82) is 0 Å². The Hall–Kier alpha value is -1.59. The maximum atomic E-state index is 13.0. The van der Waals surface area contributed by atoms with E-state index in [1.165, 1.54) is 17.9 Å². The molecule has 1 atom stereocenters. The highest BCUT2D eigenvalue weighted by Crippen LogP contribution is 2.26. The van der Waals surface area contributed by atoms with Gasteiger partial charge in [-0.25, -0.2) is 5.06 Å². The predicted octanol–water partition coefficient (Wildman–Crippen LogP) is 4.76. The van der Waals surface area contributed by atoms with Crippen LogP contribution in [0.5, 0.6) is 0 Å². The Morgan fingerprint density at radius 3 is 2.44 bits per heavy atom. The fraction of sp³-hybridized carbons (Fsp3) is 0.381. The summed E-state index contributed by atoms with van der Waals surface area (Å²) in [6.07, 6.45) is 2.60. The summed E-state index contributed by atoms with van der Waals surface area (Å²) in [5, 5.41) is 2.42. The average Bonchev–Trinajstić information content (AvgIpc) is 3.18. The van der Waals surface area contributed by atoms with Crippen LogP contribution >= 0.6 is 23.2 Å². The Kier molecular flexibility index (Phi) is 7.13. The zero-order chi connectivity index (χ0) is 19.2. The zero-order valence-electron chi connectivity index (χ0n) is 15.4. The van der Waals surface area contributed by atoms with Crippen LogP contribution in [0.25, 0.3) is 0 Å². The lowest BCUT2D eigenvalue weighted by Gasteiger charge is -2.32. The van der Waals surface area contributed by atoms with Crippen LogP contribution in [0.1, 0.15) is 30.0 Å². The molecule has 0 radical (unpaired) electrons. The van der Waals surface area contributed by atoms with E-state index in [0.717, 1.165) is 30.8 Å². The van der Waals surface area contributed by atoms with Gasteiger partial charge in [0.25, 0.3) is 5.91 Å². The Morgan fingerprint density at radius 2 is 1.81 bits per heavy atom. The molecule has 3 rings (SSSR count). The number of nitrogens with zero attached hydrogens (tertiary/aromatic N) is 2. The van der Waals surface area contributed by atoms with Gasteiger partial charge in [-0.2, -0.15) is 0 Å². The number of benzene rings is 2. The molecule has 1 saturated heterocycles. The minimum Gasteiger partial charge on any atom is -0.301 e. The summed E-state index contributed by atoms with van der Waals surface area (Å²) in [5.41, 5.74) is 1.87. The third-order valence-electron chi connectivity index (χ3n) is 4.88. The van der Waals surface area contributed by atoms with Crippen LogP contribution in [0.4, 0.5) is 0 Å². The number of rotatable bonds is 7. The first-order valence-corrected chi connectivity index (χ1v) is 9.91. The molecule has 144 valence electrons. The molecule has 1 fully saturated rings. The summed E-state index contributed by atoms with van der Waals surface area (Å²) in [7, 11) is 1.55. The number of halogens is 2. The molecule has 0 saturated carbocycles. The molecule has 2 aromatic carbocycles. The number of carbonyl (C=O) groups is 1. The topological polar surface area (TPSA) is 32.8 Å². The molecule has 2 aromatic rings. The van der Waals surface area contributed by atoms with E-state index in [9.17, 15) is 4.79 Å². The van der Waals surface area contributed by atoms with Gasteiger partial charge in [-0.05, 0) is 49.2 Å². The van der Waals surface area contributed by atoms with Crippen molar-refractivity contribution in [2.45, 2.75) is 25.3 Å². The van der Waals surface area contributed by atoms with Gasteiger partial charge in [0.15, 0.2) is 0 Å². The number of hydrogen-bond acceptors (Lipinski definition) is 3. The molecule has 0 spiro atoms. The van der Waals surface area contributed by atoms with E-state index in [4.69, 9.17) is 28.0 Å². The second-order valence-electron chi connectivity index (χ2n) is 6.76. The molecule has 27 heavy (non-hydrogen) atoms. The zero-order valence-corrected chi connectivity index (χ0v) is 16.9. The van der Waals surface area contributed by atoms with Gasteiger partial charge >= 0.3 is 0 Å². The monoisotopic (exact) mass is 406 g/mol. The smallest absolute Gasteiger partial charge is 0.251 e. The van der Waals surface area contributed by atoms with E-state index in [0.29, 0.717) is 10.0 Å². The second kappa shape index (κ2) is 9.56. The molecule has 0 bridgehead atoms. The van der Waals surface area contributed by atoms with Crippen molar-refractivity contribution in [1.82, 2.24) is 9.96 Å². The van der Waals surface area contributed by atoms with Gasteiger partial charge in [-0.3, -0.25) is 9.63 Å². The first kappa shape index (κ1) is 20.2. The van der Waals surface area contributed by atoms with Crippen LogP contribution in [0.15, 0.2) is 48.5 Å². The van der Waals surface area contributed by atoms with Crippen LogP contribution in [-0.2, 0) is 16.1 Å². The molecule has 0 N–H and O–H groups in total. The first-order valence-electron chi connectivity index (χ1n) is 9.16. The fourth-order valence-corrected chi connectivity index (χ4v) is 3.83. The third kappa shape index (κ3) is 5.23. The van der Waals surface area contributed by atoms with Crippen molar-refractivity contribution in [3.63, 3.8) is 0 Å². The van der Waals surface area contributed by atoms with E-state index < -0.39 is 0 Å². The van der Waals surface area contributed by atoms with Crippen molar-refractivity contribution in [3.8, 4) is 0 Å². The van der Waals surface area contributed by atoms with E-state index >= 15 is 0 Å². The Balaban J connectivity index is 1.80. The van der Waals surface area contributed by atoms with E-state index in [1.54, 1.807) is 19.2 Å². The molecule has 4 nitrogen and oxygen atoms in total. The summed E-state index contributed by atoms with van der Waals surface area (Å²) in [6, 6.07) is 15.1. The van der Waals surface area contributed by atoms with Crippen LogP contribution < -0.4 is 0 Å². The van der Waals surface area contributed by atoms with Crippen molar-refractivity contribution in [2.24, 2.45) is 0 Å². The van der Waals surface area contributed by atoms with Gasteiger partial charge in [0, 0.05) is 6.54 Å². The molecular formula is C21H24Cl2N2O2. The first-order chi connectivity index (χ1) is 13.1. The molecule has 1 aliphatic heterocycles. The average molecular weight is 407 g/mol. The lowest BCUT2D eigenvalue weighted by atomic mass is 10.0. The molecule has 0 aliphatic carbocycles. The normalized spacial score (nSPS) is 15.7. The second-order valence-corrected chi connectivity index (χ2v) is 7.58. The van der Waals surface area contributed by atoms with Crippen molar-refractivity contribution in [2.75, 3.05) is 26.7 Å². The Morgan fingerprint density at radius 1 is 1.11 bits per heavy atom. The molecule has 0 unspecified atom stereocenters. The van der Waals surface area contributed by atoms with Gasteiger partial charge in [0.1, 0.15) is 0 Å². The van der Waals surface area contributed by atoms with Gasteiger partial charge in [0.2, 0.25) is 0 Å². The van der Waals surface area contributed by atoms with Crippen LogP contribution in [-0.4, -0.2) is 42.6 Å². The van der Waals surface area contributed by atoms with Crippen molar-refractivity contribution in [3.05, 3.63) is 69.7 Å². The lowest BCUT2D eigenvalue weighted by Crippen LogP contribution is -2.41. The molecule has 1 heterocycles. The number of carbonyl (C=O) groups excluding carboxylic acids is 1. The summed E-state index contributed by atoms with van der Waals surface area (Å²) in [6.45, 7) is 2.87. The van der Waals surface area contributed by atoms with Crippen LogP contribution in [0.3, 0.4) is 0 Å². The SMILES string of the molecule is CON(C(=O)Cc1ccc(Cl)c(Cl)c1)[C@H](CN1CCCC1)c1ccccc1. The number of amides is 1. The quantitative estimate of drug-likeness (QED) is 0.621. The minimum atomic E-state index is -0.162. The lowest BCUT2D eigenvalue weighted by molar-refractivity contribution is -0.190. The standard InChI is InChI=1S/C21H24Cl2N2O2/c1-27-25(21(26)14-16-9-10-18(22)19(23)13-16)20(15-24-11-5-6-12-24)17-7-3-2-4-8-17/h2-4,7-10,13,20H,5-6,11-12,14-15H2,1H3/t20-/m1/s1. The molecular weight excluding hydrogens is 383 g/mol. The van der Waals surface area contributed by atoms with E-state index in [1.807, 2.05) is 36.4 Å². The summed E-state index contributed by atoms with van der Waals surface area (Å²) >= 11 is 12.1. The van der Waals surface area contributed by atoms with Gasteiger partial charge < -0.3 is 4.90 Å². The molecule has 0 aromatic heterocycles. The largest absolute Gasteiger partial charge is 0.301 e. The maximum absolute atomic E-state index is 13.0. The number of likely N-dealkylation sites (tertiary alicyclic amines) is 1. The Bertz CT molecular complexity index is 764. The van der Waals surface area contributed by atoms with Gasteiger partial charge in [-0.15, -0.1) is 0 Å². The van der Waals surface area contributed by atoms with Gasteiger partial charge in [-0.1, -0.05) is 59.6 Å². The summed E-state index contributed by atoms with van der Waals surface area (Å²) < 4.78 is 0. The highest BCUT2D eigenvalue weighted by molar-refractivity contribution is 6.42. The predicted molar refractivity (Wildman–Crippen MR) is 109 cm³/mol. The van der Waals surface area contributed by atoms with Crippen molar-refractivity contribution >= 4 is 29.1 Å². The molecule has 1 amide bonds. The number of hydroxylamine groups is 2. The fourth-order valence-electron chi connectivity index (χ4n) is 3.50. The van der Waals surface area contributed by atoms with Crippen molar-refractivity contribution < 1.29 is 9.63 Å². The summed E-state index contributed by atoms with van der Waals surface area (Å²) in [5.74, 6) is -0.107. The maximum Gasteiger partial charge on any atom is 0.251 e. The highest BCUT2D eigenvalue weighted by atomic mass is 35.5.